The zero-order chi connectivity index (χ0) is 15.9. The molecule has 1 heterocycles. The standard InChI is InChI=1S/C15H16N2O5/c1-22-14(19)12-3-2-11(17(20)21)6-13(12)16-5-4-15(9-18)7-10(15)8-16/h2-3,6,9-10H,4-5,7-8H2,1H3. The van der Waals surface area contributed by atoms with Gasteiger partial charge in [-0.05, 0) is 24.8 Å². The van der Waals surface area contributed by atoms with Crippen LogP contribution < -0.4 is 4.90 Å². The molecule has 1 aromatic rings. The normalized spacial score (nSPS) is 26.0. The molecule has 2 fully saturated rings. The van der Waals surface area contributed by atoms with Crippen LogP contribution in [-0.2, 0) is 9.53 Å². The van der Waals surface area contributed by atoms with Crippen LogP contribution in [-0.4, -0.2) is 37.4 Å². The van der Waals surface area contributed by atoms with Crippen LogP contribution in [0.5, 0.6) is 0 Å². The number of non-ortho nitro benzene ring substituents is 1. The van der Waals surface area contributed by atoms with E-state index in [-0.39, 0.29) is 17.0 Å². The lowest BCUT2D eigenvalue weighted by molar-refractivity contribution is -0.384. The number of esters is 1. The fourth-order valence-electron chi connectivity index (χ4n) is 3.25. The maximum atomic E-state index is 11.9. The number of fused-ring (bicyclic) bond motifs is 1. The Morgan fingerprint density at radius 2 is 2.32 bits per heavy atom. The Balaban J connectivity index is 1.94. The van der Waals surface area contributed by atoms with Crippen LogP contribution in [0.3, 0.4) is 0 Å². The molecule has 1 aromatic carbocycles. The van der Waals surface area contributed by atoms with Gasteiger partial charge in [0.15, 0.2) is 0 Å². The summed E-state index contributed by atoms with van der Waals surface area (Å²) in [5.74, 6) is -0.253. The van der Waals surface area contributed by atoms with E-state index in [9.17, 15) is 19.7 Å². The van der Waals surface area contributed by atoms with Crippen molar-refractivity contribution in [1.29, 1.82) is 0 Å². The zero-order valence-electron chi connectivity index (χ0n) is 12.2. The minimum Gasteiger partial charge on any atom is -0.465 e. The number of carbonyl (C=O) groups excluding carboxylic acids is 2. The Labute approximate surface area is 127 Å². The van der Waals surface area contributed by atoms with E-state index in [1.54, 1.807) is 0 Å². The van der Waals surface area contributed by atoms with Crippen molar-refractivity contribution < 1.29 is 19.2 Å². The fraction of sp³-hybridized carbons (Fsp3) is 0.467. The highest BCUT2D eigenvalue weighted by molar-refractivity contribution is 5.96. The minimum atomic E-state index is -0.520. The number of methoxy groups -OCH3 is 1. The second-order valence-corrected chi connectivity index (χ2v) is 5.90. The first-order chi connectivity index (χ1) is 10.5. The zero-order valence-corrected chi connectivity index (χ0v) is 12.2. The first-order valence-corrected chi connectivity index (χ1v) is 7.09. The van der Waals surface area contributed by atoms with E-state index in [0.717, 1.165) is 12.7 Å². The molecule has 2 unspecified atom stereocenters. The largest absolute Gasteiger partial charge is 0.465 e. The maximum Gasteiger partial charge on any atom is 0.339 e. The lowest BCUT2D eigenvalue weighted by Gasteiger charge is -2.32. The van der Waals surface area contributed by atoms with Gasteiger partial charge < -0.3 is 14.4 Å². The van der Waals surface area contributed by atoms with Crippen LogP contribution in [0.25, 0.3) is 0 Å². The summed E-state index contributed by atoms with van der Waals surface area (Å²) in [7, 11) is 1.28. The van der Waals surface area contributed by atoms with E-state index in [1.807, 2.05) is 4.90 Å². The summed E-state index contributed by atoms with van der Waals surface area (Å²) in [6.07, 6.45) is 2.60. The predicted molar refractivity (Wildman–Crippen MR) is 77.9 cm³/mol. The van der Waals surface area contributed by atoms with Crippen LogP contribution >= 0.6 is 0 Å². The van der Waals surface area contributed by atoms with E-state index < -0.39 is 10.9 Å². The molecule has 7 heteroatoms. The van der Waals surface area contributed by atoms with Crippen molar-refractivity contribution in [3.63, 3.8) is 0 Å². The molecule has 2 atom stereocenters. The Bertz CT molecular complexity index is 659. The summed E-state index contributed by atoms with van der Waals surface area (Å²) in [6.45, 7) is 1.23. The van der Waals surface area contributed by atoms with Crippen molar-refractivity contribution in [3.05, 3.63) is 33.9 Å². The lowest BCUT2D eigenvalue weighted by Crippen LogP contribution is -2.36. The third kappa shape index (κ3) is 2.22. The Morgan fingerprint density at radius 1 is 1.55 bits per heavy atom. The third-order valence-electron chi connectivity index (χ3n) is 4.74. The number of nitro benzene ring substituents is 1. The van der Waals surface area contributed by atoms with Gasteiger partial charge in [-0.15, -0.1) is 0 Å². The van der Waals surface area contributed by atoms with Gasteiger partial charge in [-0.3, -0.25) is 10.1 Å². The molecule has 3 rings (SSSR count). The van der Waals surface area contributed by atoms with Gasteiger partial charge in [-0.25, -0.2) is 4.79 Å². The molecule has 2 aliphatic rings. The molecule has 0 N–H and O–H groups in total. The lowest BCUT2D eigenvalue weighted by atomic mass is 9.96. The first-order valence-electron chi connectivity index (χ1n) is 7.09. The van der Waals surface area contributed by atoms with Gasteiger partial charge in [0.05, 0.1) is 23.3 Å². The van der Waals surface area contributed by atoms with Gasteiger partial charge in [-0.1, -0.05) is 0 Å². The molecule has 1 saturated heterocycles. The molecule has 0 amide bonds. The topological polar surface area (TPSA) is 89.8 Å². The summed E-state index contributed by atoms with van der Waals surface area (Å²) >= 11 is 0. The van der Waals surface area contributed by atoms with Gasteiger partial charge in [0, 0.05) is 30.6 Å². The number of nitrogens with zero attached hydrogens (tertiary/aromatic N) is 2. The van der Waals surface area contributed by atoms with Gasteiger partial charge in [0.1, 0.15) is 6.29 Å². The highest BCUT2D eigenvalue weighted by atomic mass is 16.6. The van der Waals surface area contributed by atoms with E-state index >= 15 is 0 Å². The van der Waals surface area contributed by atoms with E-state index in [0.29, 0.717) is 30.8 Å². The molecule has 1 aliphatic heterocycles. The monoisotopic (exact) mass is 304 g/mol. The SMILES string of the molecule is COC(=O)c1ccc([N+](=O)[O-])cc1N1CCC2(C=O)CC2C1. The van der Waals surface area contributed by atoms with E-state index in [2.05, 4.69) is 0 Å². The summed E-state index contributed by atoms with van der Waals surface area (Å²) < 4.78 is 4.75. The van der Waals surface area contributed by atoms with Gasteiger partial charge in [0.2, 0.25) is 0 Å². The summed E-state index contributed by atoms with van der Waals surface area (Å²) in [4.78, 5) is 35.5. The molecule has 0 bridgehead atoms. The third-order valence-corrected chi connectivity index (χ3v) is 4.74. The molecule has 0 aromatic heterocycles. The number of anilines is 1. The number of ether oxygens (including phenoxy) is 1. The van der Waals surface area contributed by atoms with Crippen LogP contribution in [0.15, 0.2) is 18.2 Å². The highest BCUT2D eigenvalue weighted by Crippen LogP contribution is 2.56. The molecule has 0 radical (unpaired) electrons. The molecule has 22 heavy (non-hydrogen) atoms. The first kappa shape index (κ1) is 14.5. The van der Waals surface area contributed by atoms with Crippen molar-refractivity contribution in [2.75, 3.05) is 25.1 Å². The van der Waals surface area contributed by atoms with Gasteiger partial charge in [0.25, 0.3) is 5.69 Å². The number of nitro groups is 1. The fourth-order valence-corrected chi connectivity index (χ4v) is 3.25. The predicted octanol–water partition coefficient (Wildman–Crippen LogP) is 1.80. The second-order valence-electron chi connectivity index (χ2n) is 5.90. The Morgan fingerprint density at radius 3 is 2.91 bits per heavy atom. The number of hydrogen-bond acceptors (Lipinski definition) is 6. The van der Waals surface area contributed by atoms with Gasteiger partial charge in [-0.2, -0.15) is 0 Å². The molecule has 1 saturated carbocycles. The summed E-state index contributed by atoms with van der Waals surface area (Å²) in [5.41, 5.74) is 0.549. The van der Waals surface area contributed by atoms with Crippen molar-refractivity contribution in [1.82, 2.24) is 0 Å². The number of aldehydes is 1. The van der Waals surface area contributed by atoms with E-state index in [4.69, 9.17) is 4.74 Å². The second kappa shape index (κ2) is 5.08. The molecular formula is C15H16N2O5. The number of rotatable bonds is 4. The minimum absolute atomic E-state index is 0.0642. The van der Waals surface area contributed by atoms with Crippen molar-refractivity contribution in [2.24, 2.45) is 11.3 Å². The number of hydrogen-bond donors (Lipinski definition) is 0. The quantitative estimate of drug-likeness (QED) is 0.364. The van der Waals surface area contributed by atoms with Crippen molar-refractivity contribution in [3.8, 4) is 0 Å². The van der Waals surface area contributed by atoms with Crippen LogP contribution in [0.2, 0.25) is 0 Å². The van der Waals surface area contributed by atoms with Crippen molar-refractivity contribution in [2.45, 2.75) is 12.8 Å². The summed E-state index contributed by atoms with van der Waals surface area (Å²) in [5, 5.41) is 11.0. The number of benzene rings is 1. The molecule has 0 spiro atoms. The number of piperidine rings is 1. The van der Waals surface area contributed by atoms with Crippen LogP contribution in [0.4, 0.5) is 11.4 Å². The van der Waals surface area contributed by atoms with Crippen LogP contribution in [0, 0.1) is 21.4 Å². The smallest absolute Gasteiger partial charge is 0.339 e. The molecule has 1 aliphatic carbocycles. The van der Waals surface area contributed by atoms with Gasteiger partial charge >= 0.3 is 5.97 Å². The highest BCUT2D eigenvalue weighted by Gasteiger charge is 2.56. The summed E-state index contributed by atoms with van der Waals surface area (Å²) in [6, 6.07) is 4.13. The van der Waals surface area contributed by atoms with E-state index in [1.165, 1.54) is 25.3 Å². The average Bonchev–Trinajstić information content (AvgIpc) is 3.27. The Hall–Kier alpha value is -2.44. The molecule has 7 nitrogen and oxygen atoms in total. The Kier molecular flexibility index (Phi) is 3.35. The van der Waals surface area contributed by atoms with Crippen molar-refractivity contribution >= 4 is 23.6 Å². The molecular weight excluding hydrogens is 288 g/mol. The van der Waals surface area contributed by atoms with Crippen LogP contribution in [0.1, 0.15) is 23.2 Å². The molecule has 116 valence electrons. The number of carbonyl (C=O) groups is 2. The maximum absolute atomic E-state index is 11.9. The average molecular weight is 304 g/mol.